The number of benzene rings is 2. The van der Waals surface area contributed by atoms with Gasteiger partial charge in [0, 0.05) is 12.1 Å². The minimum Gasteiger partial charge on any atom is -0.444 e. The lowest BCUT2D eigenvalue weighted by molar-refractivity contribution is -0.125. The lowest BCUT2D eigenvalue weighted by atomic mass is 10.0. The average molecular weight is 457 g/mol. The molecule has 8 nitrogen and oxygen atoms in total. The Morgan fingerprint density at radius 2 is 1.52 bits per heavy atom. The predicted octanol–water partition coefficient (Wildman–Crippen LogP) is 2.46. The van der Waals surface area contributed by atoms with E-state index in [2.05, 4.69) is 10.6 Å². The number of Topliss-reactive ketones (excluding diaryl/α,β-unsaturated/α-hetero) is 1. The van der Waals surface area contributed by atoms with Gasteiger partial charge in [0.2, 0.25) is 0 Å². The molecule has 33 heavy (non-hydrogen) atoms. The van der Waals surface area contributed by atoms with Gasteiger partial charge in [0.25, 0.3) is 5.91 Å². The summed E-state index contributed by atoms with van der Waals surface area (Å²) in [6.07, 6.45) is -0.898. The summed E-state index contributed by atoms with van der Waals surface area (Å²) < 4.78 is 5.21. The molecule has 178 valence electrons. The van der Waals surface area contributed by atoms with E-state index in [1.165, 1.54) is 6.92 Å². The average Bonchev–Trinajstić information content (AvgIpc) is 2.76. The van der Waals surface area contributed by atoms with Crippen LogP contribution < -0.4 is 10.6 Å². The van der Waals surface area contributed by atoms with E-state index in [9.17, 15) is 19.5 Å². The summed E-state index contributed by atoms with van der Waals surface area (Å²) in [6, 6.07) is 13.5. The minimum absolute atomic E-state index is 0.333. The van der Waals surface area contributed by atoms with Gasteiger partial charge in [-0.25, -0.2) is 4.79 Å². The van der Waals surface area contributed by atoms with Crippen LogP contribution in [0.5, 0.6) is 0 Å². The van der Waals surface area contributed by atoms with Crippen LogP contribution in [0, 0.1) is 0 Å². The zero-order valence-electron chi connectivity index (χ0n) is 19.4. The Hall–Kier alpha value is -3.23. The predicted molar refractivity (Wildman–Crippen MR) is 125 cm³/mol. The maximum absolute atomic E-state index is 12.4. The second kappa shape index (κ2) is 11.6. The third-order valence-corrected chi connectivity index (χ3v) is 4.79. The van der Waals surface area contributed by atoms with Crippen molar-refractivity contribution in [2.45, 2.75) is 51.9 Å². The van der Waals surface area contributed by atoms with E-state index in [1.807, 2.05) is 45.0 Å². The second-order valence-corrected chi connectivity index (χ2v) is 8.77. The molecule has 0 radical (unpaired) electrons. The first-order valence-electron chi connectivity index (χ1n) is 10.8. The Kier molecular flexibility index (Phi) is 9.13. The topological polar surface area (TPSA) is 125 Å². The number of carbonyl (C=O) groups is 3. The number of ketones is 1. The standard InChI is InChI=1S/C25H32N2O6/c1-16(29)22(21(30)15-28)27-23(31)20-11-9-19(10-12-20)18-7-5-17(6-8-18)13-14-26-24(32)33-25(2,3)4/h5-12,16,22,28-29H,13-15H2,1-4H3,(H,26,32)(H,27,31)/t16-,22+/m1/s1. The molecule has 0 unspecified atom stereocenters. The number of aliphatic hydroxyl groups is 2. The molecule has 0 fully saturated rings. The van der Waals surface area contributed by atoms with Crippen LogP contribution in [0.25, 0.3) is 11.1 Å². The highest BCUT2D eigenvalue weighted by atomic mass is 16.6. The van der Waals surface area contributed by atoms with E-state index >= 15 is 0 Å². The van der Waals surface area contributed by atoms with Gasteiger partial charge < -0.3 is 25.6 Å². The first-order chi connectivity index (χ1) is 15.5. The van der Waals surface area contributed by atoms with Crippen LogP contribution in [0.2, 0.25) is 0 Å². The van der Waals surface area contributed by atoms with Crippen molar-refractivity contribution in [1.82, 2.24) is 10.6 Å². The van der Waals surface area contributed by atoms with Gasteiger partial charge in [0.1, 0.15) is 18.2 Å². The molecule has 0 aliphatic rings. The molecule has 0 heterocycles. The fourth-order valence-corrected chi connectivity index (χ4v) is 3.09. The highest BCUT2D eigenvalue weighted by molar-refractivity contribution is 5.98. The van der Waals surface area contributed by atoms with E-state index in [4.69, 9.17) is 9.84 Å². The fourth-order valence-electron chi connectivity index (χ4n) is 3.09. The molecule has 2 amide bonds. The molecule has 2 atom stereocenters. The van der Waals surface area contributed by atoms with Gasteiger partial charge >= 0.3 is 6.09 Å². The molecule has 0 aliphatic heterocycles. The van der Waals surface area contributed by atoms with E-state index in [0.29, 0.717) is 18.5 Å². The maximum Gasteiger partial charge on any atom is 0.407 e. The van der Waals surface area contributed by atoms with Gasteiger partial charge in [-0.3, -0.25) is 9.59 Å². The van der Waals surface area contributed by atoms with E-state index in [0.717, 1.165) is 16.7 Å². The van der Waals surface area contributed by atoms with Crippen molar-refractivity contribution in [3.63, 3.8) is 0 Å². The molecule has 2 aromatic rings. The first-order valence-corrected chi connectivity index (χ1v) is 10.8. The largest absolute Gasteiger partial charge is 0.444 e. The minimum atomic E-state index is -1.17. The number of hydrogen-bond donors (Lipinski definition) is 4. The molecule has 0 spiro atoms. The normalized spacial score (nSPS) is 13.0. The number of aliphatic hydroxyl groups excluding tert-OH is 2. The van der Waals surface area contributed by atoms with Crippen molar-refractivity contribution >= 4 is 17.8 Å². The quantitative estimate of drug-likeness (QED) is 0.459. The fraction of sp³-hybridized carbons (Fsp3) is 0.400. The number of ether oxygens (including phenoxy) is 1. The SMILES string of the molecule is C[C@@H](O)[C@H](NC(=O)c1ccc(-c2ccc(CCNC(=O)OC(C)(C)C)cc2)cc1)C(=O)CO. The highest BCUT2D eigenvalue weighted by Gasteiger charge is 2.25. The Bertz CT molecular complexity index is 946. The Morgan fingerprint density at radius 3 is 2.00 bits per heavy atom. The lowest BCUT2D eigenvalue weighted by Crippen LogP contribution is -2.48. The summed E-state index contributed by atoms with van der Waals surface area (Å²) in [5.41, 5.74) is 2.73. The summed E-state index contributed by atoms with van der Waals surface area (Å²) in [6.45, 7) is 6.52. The van der Waals surface area contributed by atoms with Crippen LogP contribution in [0.4, 0.5) is 4.79 Å². The smallest absolute Gasteiger partial charge is 0.407 e. The summed E-state index contributed by atoms with van der Waals surface area (Å²) in [5, 5.41) is 23.9. The number of nitrogens with one attached hydrogen (secondary N) is 2. The van der Waals surface area contributed by atoms with Crippen LogP contribution in [0.1, 0.15) is 43.6 Å². The number of amides is 2. The molecule has 0 saturated carbocycles. The summed E-state index contributed by atoms with van der Waals surface area (Å²) in [7, 11) is 0. The van der Waals surface area contributed by atoms with Crippen molar-refractivity contribution in [2.75, 3.05) is 13.2 Å². The van der Waals surface area contributed by atoms with Gasteiger partial charge in [0.15, 0.2) is 5.78 Å². The lowest BCUT2D eigenvalue weighted by Gasteiger charge is -2.19. The maximum atomic E-state index is 12.4. The Morgan fingerprint density at radius 1 is 0.970 bits per heavy atom. The van der Waals surface area contributed by atoms with Crippen molar-refractivity contribution in [1.29, 1.82) is 0 Å². The molecular weight excluding hydrogens is 424 g/mol. The van der Waals surface area contributed by atoms with E-state index < -0.39 is 42.1 Å². The van der Waals surface area contributed by atoms with Crippen molar-refractivity contribution in [2.24, 2.45) is 0 Å². The Labute approximate surface area is 194 Å². The number of hydrogen-bond acceptors (Lipinski definition) is 6. The molecule has 4 N–H and O–H groups in total. The molecule has 0 aromatic heterocycles. The zero-order chi connectivity index (χ0) is 24.6. The third kappa shape index (κ3) is 8.32. The van der Waals surface area contributed by atoms with Crippen molar-refractivity contribution in [3.05, 3.63) is 59.7 Å². The Balaban J connectivity index is 1.94. The van der Waals surface area contributed by atoms with Gasteiger partial charge in [-0.1, -0.05) is 36.4 Å². The van der Waals surface area contributed by atoms with Gasteiger partial charge in [-0.15, -0.1) is 0 Å². The summed E-state index contributed by atoms with van der Waals surface area (Å²) in [5.74, 6) is -1.17. The second-order valence-electron chi connectivity index (χ2n) is 8.77. The van der Waals surface area contributed by atoms with Gasteiger partial charge in [-0.2, -0.15) is 0 Å². The van der Waals surface area contributed by atoms with Crippen LogP contribution in [0.15, 0.2) is 48.5 Å². The number of carbonyl (C=O) groups excluding carboxylic acids is 3. The molecule has 8 heteroatoms. The van der Waals surface area contributed by atoms with E-state index in [1.54, 1.807) is 24.3 Å². The molecule has 2 aromatic carbocycles. The molecular formula is C25H32N2O6. The molecule has 0 saturated heterocycles. The van der Waals surface area contributed by atoms with Crippen molar-refractivity contribution < 1.29 is 29.3 Å². The monoisotopic (exact) mass is 456 g/mol. The number of rotatable bonds is 9. The van der Waals surface area contributed by atoms with Gasteiger partial charge in [-0.05, 0) is 62.9 Å². The van der Waals surface area contributed by atoms with Crippen LogP contribution >= 0.6 is 0 Å². The van der Waals surface area contributed by atoms with Crippen molar-refractivity contribution in [3.8, 4) is 11.1 Å². The third-order valence-electron chi connectivity index (χ3n) is 4.79. The molecule has 2 rings (SSSR count). The van der Waals surface area contributed by atoms with Crippen LogP contribution in [-0.2, 0) is 16.0 Å². The van der Waals surface area contributed by atoms with Crippen LogP contribution in [0.3, 0.4) is 0 Å². The zero-order valence-corrected chi connectivity index (χ0v) is 19.4. The van der Waals surface area contributed by atoms with E-state index in [-0.39, 0.29) is 0 Å². The summed E-state index contributed by atoms with van der Waals surface area (Å²) in [4.78, 5) is 35.8. The molecule has 0 aliphatic carbocycles. The van der Waals surface area contributed by atoms with Crippen LogP contribution in [-0.4, -0.2) is 58.9 Å². The first kappa shape index (κ1) is 26.0. The molecule has 0 bridgehead atoms. The van der Waals surface area contributed by atoms with Gasteiger partial charge in [0.05, 0.1) is 6.10 Å². The highest BCUT2D eigenvalue weighted by Crippen LogP contribution is 2.21. The number of alkyl carbamates (subject to hydrolysis) is 1. The summed E-state index contributed by atoms with van der Waals surface area (Å²) >= 11 is 0.